The fourth-order valence-corrected chi connectivity index (χ4v) is 6.85. The summed E-state index contributed by atoms with van der Waals surface area (Å²) in [5, 5.41) is 12.6. The third-order valence-corrected chi connectivity index (χ3v) is 7.72. The highest BCUT2D eigenvalue weighted by atomic mass is 16.3. The molecule has 5 fully saturated rings. The summed E-state index contributed by atoms with van der Waals surface area (Å²) in [4.78, 5) is 27.9. The number of aromatic hydroxyl groups is 1. The van der Waals surface area contributed by atoms with Crippen molar-refractivity contribution in [1.29, 1.82) is 0 Å². The summed E-state index contributed by atoms with van der Waals surface area (Å²) in [6.07, 6.45) is 9.04. The van der Waals surface area contributed by atoms with Gasteiger partial charge in [-0.25, -0.2) is 0 Å². The summed E-state index contributed by atoms with van der Waals surface area (Å²) in [6, 6.07) is 6.53. The Balaban J connectivity index is 1.18. The Bertz CT molecular complexity index is 747. The summed E-state index contributed by atoms with van der Waals surface area (Å²) in [5.41, 5.74) is 0.416. The SMILES string of the molecule is O=C(NC1CCN(C(=O)C23CC4CC(CC(C4)C2)C3)CC1)c1cccc(O)c1. The maximum atomic E-state index is 13.5. The molecule has 4 saturated carbocycles. The lowest BCUT2D eigenvalue weighted by molar-refractivity contribution is -0.158. The second kappa shape index (κ2) is 6.78. The van der Waals surface area contributed by atoms with E-state index in [1.807, 2.05) is 0 Å². The molecule has 5 aliphatic rings. The maximum absolute atomic E-state index is 13.5. The van der Waals surface area contributed by atoms with Crippen LogP contribution in [0, 0.1) is 23.2 Å². The fraction of sp³-hybridized carbons (Fsp3) is 0.652. The summed E-state index contributed by atoms with van der Waals surface area (Å²) < 4.78 is 0. The van der Waals surface area contributed by atoms with Crippen LogP contribution in [0.15, 0.2) is 24.3 Å². The second-order valence-corrected chi connectivity index (χ2v) is 9.79. The molecule has 0 spiro atoms. The van der Waals surface area contributed by atoms with Crippen molar-refractivity contribution in [1.82, 2.24) is 10.2 Å². The second-order valence-electron chi connectivity index (χ2n) is 9.79. The van der Waals surface area contributed by atoms with Gasteiger partial charge in [-0.2, -0.15) is 0 Å². The number of hydrogen-bond donors (Lipinski definition) is 2. The van der Waals surface area contributed by atoms with Crippen LogP contribution in [0.5, 0.6) is 5.75 Å². The zero-order valence-electron chi connectivity index (χ0n) is 16.4. The number of nitrogens with zero attached hydrogens (tertiary/aromatic N) is 1. The van der Waals surface area contributed by atoms with Crippen LogP contribution in [0.3, 0.4) is 0 Å². The van der Waals surface area contributed by atoms with Crippen LogP contribution in [-0.2, 0) is 4.79 Å². The van der Waals surface area contributed by atoms with E-state index in [1.54, 1.807) is 18.2 Å². The molecular formula is C23H30N2O3. The molecule has 1 heterocycles. The fourth-order valence-electron chi connectivity index (χ4n) is 6.85. The van der Waals surface area contributed by atoms with Gasteiger partial charge in [0, 0.05) is 24.7 Å². The van der Waals surface area contributed by atoms with Gasteiger partial charge in [-0.15, -0.1) is 0 Å². The first kappa shape index (κ1) is 18.0. The topological polar surface area (TPSA) is 69.6 Å². The first-order valence-electron chi connectivity index (χ1n) is 10.9. The number of hydrogen-bond acceptors (Lipinski definition) is 3. The first-order valence-corrected chi connectivity index (χ1v) is 10.9. The Morgan fingerprint density at radius 3 is 2.18 bits per heavy atom. The zero-order chi connectivity index (χ0) is 19.3. The van der Waals surface area contributed by atoms with Crippen LogP contribution in [0.25, 0.3) is 0 Å². The predicted octanol–water partition coefficient (Wildman–Crippen LogP) is 3.33. The van der Waals surface area contributed by atoms with Gasteiger partial charge in [-0.3, -0.25) is 9.59 Å². The number of piperidine rings is 1. The number of phenols is 1. The van der Waals surface area contributed by atoms with Gasteiger partial charge in [0.15, 0.2) is 0 Å². The monoisotopic (exact) mass is 382 g/mol. The van der Waals surface area contributed by atoms with Crippen molar-refractivity contribution in [2.24, 2.45) is 23.2 Å². The zero-order valence-corrected chi connectivity index (χ0v) is 16.4. The third kappa shape index (κ3) is 3.19. The summed E-state index contributed by atoms with van der Waals surface area (Å²) >= 11 is 0. The molecule has 0 aromatic heterocycles. The van der Waals surface area contributed by atoms with Crippen LogP contribution in [0.4, 0.5) is 0 Å². The Morgan fingerprint density at radius 2 is 1.61 bits per heavy atom. The molecule has 0 unspecified atom stereocenters. The first-order chi connectivity index (χ1) is 13.5. The third-order valence-electron chi connectivity index (χ3n) is 7.72. The number of phenolic OH excluding ortho intramolecular Hbond substituents is 1. The smallest absolute Gasteiger partial charge is 0.251 e. The molecule has 150 valence electrons. The molecule has 1 aromatic rings. The minimum absolute atomic E-state index is 0.0631. The quantitative estimate of drug-likeness (QED) is 0.842. The van der Waals surface area contributed by atoms with E-state index in [-0.39, 0.29) is 23.1 Å². The Hall–Kier alpha value is -2.04. The largest absolute Gasteiger partial charge is 0.508 e. The number of carbonyl (C=O) groups excluding carboxylic acids is 2. The lowest BCUT2D eigenvalue weighted by Crippen LogP contribution is -2.56. The van der Waals surface area contributed by atoms with E-state index in [4.69, 9.17) is 0 Å². The number of carbonyl (C=O) groups is 2. The molecule has 2 amide bonds. The number of rotatable bonds is 3. The Morgan fingerprint density at radius 1 is 1.00 bits per heavy atom. The van der Waals surface area contributed by atoms with E-state index in [0.29, 0.717) is 11.5 Å². The lowest BCUT2D eigenvalue weighted by atomic mass is 9.49. The maximum Gasteiger partial charge on any atom is 0.251 e. The molecule has 4 aliphatic carbocycles. The number of likely N-dealkylation sites (tertiary alicyclic amines) is 1. The van der Waals surface area contributed by atoms with Gasteiger partial charge in [0.2, 0.25) is 5.91 Å². The van der Waals surface area contributed by atoms with E-state index in [1.165, 1.54) is 25.3 Å². The Kier molecular flexibility index (Phi) is 4.37. The van der Waals surface area contributed by atoms with Crippen molar-refractivity contribution in [3.05, 3.63) is 29.8 Å². The van der Waals surface area contributed by atoms with E-state index >= 15 is 0 Å². The van der Waals surface area contributed by atoms with E-state index in [2.05, 4.69) is 10.2 Å². The molecule has 1 aromatic carbocycles. The van der Waals surface area contributed by atoms with E-state index in [9.17, 15) is 14.7 Å². The van der Waals surface area contributed by atoms with E-state index < -0.39 is 0 Å². The predicted molar refractivity (Wildman–Crippen MR) is 106 cm³/mol. The molecular weight excluding hydrogens is 352 g/mol. The average molecular weight is 383 g/mol. The molecule has 6 rings (SSSR count). The molecule has 0 atom stereocenters. The molecule has 5 nitrogen and oxygen atoms in total. The van der Waals surface area contributed by atoms with Crippen molar-refractivity contribution in [2.45, 2.75) is 57.4 Å². The minimum atomic E-state index is -0.151. The van der Waals surface area contributed by atoms with Crippen molar-refractivity contribution >= 4 is 11.8 Å². The Labute approximate surface area is 166 Å². The van der Waals surface area contributed by atoms with Gasteiger partial charge < -0.3 is 15.3 Å². The van der Waals surface area contributed by atoms with Gasteiger partial charge in [0.25, 0.3) is 5.91 Å². The van der Waals surface area contributed by atoms with Crippen LogP contribution >= 0.6 is 0 Å². The minimum Gasteiger partial charge on any atom is -0.508 e. The molecule has 2 N–H and O–H groups in total. The molecule has 4 bridgehead atoms. The summed E-state index contributed by atoms with van der Waals surface area (Å²) in [6.45, 7) is 1.48. The van der Waals surface area contributed by atoms with Crippen LogP contribution in [0.2, 0.25) is 0 Å². The molecule has 28 heavy (non-hydrogen) atoms. The van der Waals surface area contributed by atoms with Gasteiger partial charge in [0.05, 0.1) is 5.41 Å². The van der Waals surface area contributed by atoms with Crippen molar-refractivity contribution in [2.75, 3.05) is 13.1 Å². The average Bonchev–Trinajstić information content (AvgIpc) is 2.67. The van der Waals surface area contributed by atoms with E-state index in [0.717, 1.165) is 62.9 Å². The number of nitrogens with one attached hydrogen (secondary N) is 1. The van der Waals surface area contributed by atoms with Gasteiger partial charge >= 0.3 is 0 Å². The molecule has 0 radical (unpaired) electrons. The molecule has 1 aliphatic heterocycles. The lowest BCUT2D eigenvalue weighted by Gasteiger charge is -2.57. The van der Waals surface area contributed by atoms with Crippen LogP contribution in [0.1, 0.15) is 61.7 Å². The standard InChI is InChI=1S/C23H30N2O3/c26-20-3-1-2-18(11-20)21(27)24-19-4-6-25(7-5-19)22(28)23-12-15-8-16(13-23)10-17(9-15)14-23/h1-3,11,15-17,19,26H,4-10,12-14H2,(H,24,27). The summed E-state index contributed by atoms with van der Waals surface area (Å²) in [5.74, 6) is 2.72. The van der Waals surface area contributed by atoms with Crippen LogP contribution < -0.4 is 5.32 Å². The number of amides is 2. The van der Waals surface area contributed by atoms with Crippen molar-refractivity contribution in [3.63, 3.8) is 0 Å². The number of benzene rings is 1. The van der Waals surface area contributed by atoms with Gasteiger partial charge in [0.1, 0.15) is 5.75 Å². The normalized spacial score (nSPS) is 34.4. The van der Waals surface area contributed by atoms with Gasteiger partial charge in [-0.1, -0.05) is 6.07 Å². The highest BCUT2D eigenvalue weighted by Crippen LogP contribution is 2.60. The molecule has 1 saturated heterocycles. The highest BCUT2D eigenvalue weighted by Gasteiger charge is 2.55. The van der Waals surface area contributed by atoms with Crippen molar-refractivity contribution in [3.8, 4) is 5.75 Å². The van der Waals surface area contributed by atoms with Crippen molar-refractivity contribution < 1.29 is 14.7 Å². The summed E-state index contributed by atoms with van der Waals surface area (Å²) in [7, 11) is 0. The van der Waals surface area contributed by atoms with Crippen LogP contribution in [-0.4, -0.2) is 41.0 Å². The highest BCUT2D eigenvalue weighted by molar-refractivity contribution is 5.94. The molecule has 5 heteroatoms. The van der Waals surface area contributed by atoms with Gasteiger partial charge in [-0.05, 0) is 87.3 Å².